The highest BCUT2D eigenvalue weighted by molar-refractivity contribution is 7.71. The molecule has 4 nitrogen and oxygen atoms in total. The van der Waals surface area contributed by atoms with Crippen LogP contribution >= 0.6 is 12.2 Å². The quantitative estimate of drug-likeness (QED) is 0.752. The van der Waals surface area contributed by atoms with Gasteiger partial charge in [0.25, 0.3) is 0 Å². The fraction of sp³-hybridized carbons (Fsp3) is 0.231. The Labute approximate surface area is 118 Å². The number of aromatic amines is 1. The maximum atomic E-state index is 13.7. The van der Waals surface area contributed by atoms with E-state index in [1.165, 1.54) is 6.07 Å². The van der Waals surface area contributed by atoms with Crippen molar-refractivity contribution in [2.45, 2.75) is 19.5 Å². The summed E-state index contributed by atoms with van der Waals surface area (Å²) in [6.07, 6.45) is 5.20. The number of hydrogen-bond donors (Lipinski definition) is 1. The molecule has 0 radical (unpaired) electrons. The minimum atomic E-state index is -0.639. The number of H-pyrrole nitrogens is 1. The van der Waals surface area contributed by atoms with Gasteiger partial charge in [0.15, 0.2) is 10.6 Å². The number of benzene rings is 1. The number of imidazole rings is 2. The molecule has 3 rings (SSSR count). The molecule has 1 aromatic carbocycles. The summed E-state index contributed by atoms with van der Waals surface area (Å²) in [6.45, 7) is 2.55. The molecule has 1 N–H and O–H groups in total. The Morgan fingerprint density at radius 3 is 2.90 bits per heavy atom. The van der Waals surface area contributed by atoms with Gasteiger partial charge in [-0.25, -0.2) is 13.8 Å². The largest absolute Gasteiger partial charge is 0.335 e. The average molecular weight is 294 g/mol. The van der Waals surface area contributed by atoms with E-state index in [1.54, 1.807) is 17.1 Å². The molecule has 1 atom stereocenters. The summed E-state index contributed by atoms with van der Waals surface area (Å²) in [5.74, 6) is -1.26. The van der Waals surface area contributed by atoms with E-state index in [-0.39, 0.29) is 11.6 Å². The van der Waals surface area contributed by atoms with Gasteiger partial charge in [-0.2, -0.15) is 0 Å². The van der Waals surface area contributed by atoms with Crippen molar-refractivity contribution in [3.8, 4) is 0 Å². The van der Waals surface area contributed by atoms with Gasteiger partial charge in [-0.05, 0) is 25.2 Å². The molecule has 0 saturated carbocycles. The van der Waals surface area contributed by atoms with Gasteiger partial charge in [-0.15, -0.1) is 0 Å². The standard InChI is InChI=1S/C13H12F2N4S/c1-8(6-18-3-2-16-7-18)19-11-5-9(14)4-10(15)12(11)17-13(19)20/h2-5,7-8H,6H2,1H3,(H,17,20). The molecule has 0 aliphatic carbocycles. The second-order valence-corrected chi connectivity index (χ2v) is 5.08. The lowest BCUT2D eigenvalue weighted by atomic mass is 10.2. The zero-order valence-corrected chi connectivity index (χ0v) is 11.5. The fourth-order valence-corrected chi connectivity index (χ4v) is 2.75. The number of aromatic nitrogens is 4. The molecule has 1 unspecified atom stereocenters. The average Bonchev–Trinajstić information content (AvgIpc) is 2.96. The number of rotatable bonds is 3. The Hall–Kier alpha value is -2.02. The molecule has 3 aromatic rings. The van der Waals surface area contributed by atoms with Crippen molar-refractivity contribution in [3.05, 3.63) is 47.3 Å². The Balaban J connectivity index is 2.11. The van der Waals surface area contributed by atoms with Crippen LogP contribution in [-0.2, 0) is 6.54 Å². The fourth-order valence-electron chi connectivity index (χ4n) is 2.37. The van der Waals surface area contributed by atoms with Crippen molar-refractivity contribution in [2.75, 3.05) is 0 Å². The lowest BCUT2D eigenvalue weighted by Crippen LogP contribution is -2.12. The summed E-state index contributed by atoms with van der Waals surface area (Å²) >= 11 is 5.22. The van der Waals surface area contributed by atoms with Crippen LogP contribution in [-0.4, -0.2) is 19.1 Å². The highest BCUT2D eigenvalue weighted by Crippen LogP contribution is 2.23. The Kier molecular flexibility index (Phi) is 3.13. The highest BCUT2D eigenvalue weighted by atomic mass is 32.1. The first kappa shape index (κ1) is 13.0. The molecule has 104 valence electrons. The molecular weight excluding hydrogens is 282 g/mol. The second kappa shape index (κ2) is 4.82. The van der Waals surface area contributed by atoms with Gasteiger partial charge < -0.3 is 14.1 Å². The van der Waals surface area contributed by atoms with Crippen LogP contribution in [0.1, 0.15) is 13.0 Å². The number of nitrogens with zero attached hydrogens (tertiary/aromatic N) is 3. The first-order chi connectivity index (χ1) is 9.56. The maximum Gasteiger partial charge on any atom is 0.178 e. The van der Waals surface area contributed by atoms with Gasteiger partial charge in [0.2, 0.25) is 0 Å². The monoisotopic (exact) mass is 294 g/mol. The normalized spacial score (nSPS) is 12.9. The molecule has 0 fully saturated rings. The van der Waals surface area contributed by atoms with Crippen LogP contribution in [0.15, 0.2) is 30.9 Å². The first-order valence-electron chi connectivity index (χ1n) is 6.11. The molecule has 0 bridgehead atoms. The molecule has 0 aliphatic heterocycles. The molecule has 2 aromatic heterocycles. The van der Waals surface area contributed by atoms with Crippen LogP contribution in [0.3, 0.4) is 0 Å². The molecule has 0 spiro atoms. The third-order valence-electron chi connectivity index (χ3n) is 3.22. The van der Waals surface area contributed by atoms with Gasteiger partial charge in [-0.3, -0.25) is 0 Å². The van der Waals surface area contributed by atoms with E-state index in [0.717, 1.165) is 6.07 Å². The molecule has 2 heterocycles. The molecule has 0 saturated heterocycles. The van der Waals surface area contributed by atoms with Crippen molar-refractivity contribution in [1.82, 2.24) is 19.1 Å². The highest BCUT2D eigenvalue weighted by Gasteiger charge is 2.15. The van der Waals surface area contributed by atoms with Crippen molar-refractivity contribution < 1.29 is 8.78 Å². The third kappa shape index (κ3) is 2.14. The van der Waals surface area contributed by atoms with Gasteiger partial charge in [0.05, 0.1) is 17.9 Å². The molecule has 20 heavy (non-hydrogen) atoms. The topological polar surface area (TPSA) is 38.5 Å². The third-order valence-corrected chi connectivity index (χ3v) is 3.52. The van der Waals surface area contributed by atoms with Crippen LogP contribution in [0.25, 0.3) is 11.0 Å². The lowest BCUT2D eigenvalue weighted by Gasteiger charge is -2.15. The van der Waals surface area contributed by atoms with E-state index in [2.05, 4.69) is 9.97 Å². The Bertz CT molecular complexity index is 804. The SMILES string of the molecule is CC(Cn1ccnc1)n1c(=S)[nH]c2c(F)cc(F)cc21. The van der Waals surface area contributed by atoms with Crippen LogP contribution in [0, 0.1) is 16.4 Å². The predicted molar refractivity (Wildman–Crippen MR) is 74.0 cm³/mol. The van der Waals surface area contributed by atoms with Gasteiger partial charge >= 0.3 is 0 Å². The zero-order chi connectivity index (χ0) is 14.3. The summed E-state index contributed by atoms with van der Waals surface area (Å²) in [7, 11) is 0. The second-order valence-electron chi connectivity index (χ2n) is 4.69. The van der Waals surface area contributed by atoms with E-state index in [4.69, 9.17) is 12.2 Å². The van der Waals surface area contributed by atoms with E-state index in [9.17, 15) is 8.78 Å². The summed E-state index contributed by atoms with van der Waals surface area (Å²) in [4.78, 5) is 6.76. The summed E-state index contributed by atoms with van der Waals surface area (Å²) in [5, 5.41) is 0. The summed E-state index contributed by atoms with van der Waals surface area (Å²) < 4.78 is 31.1. The van der Waals surface area contributed by atoms with Crippen molar-refractivity contribution in [2.24, 2.45) is 0 Å². The molecule has 7 heteroatoms. The number of halogens is 2. The van der Waals surface area contributed by atoms with Crippen LogP contribution < -0.4 is 0 Å². The maximum absolute atomic E-state index is 13.7. The van der Waals surface area contributed by atoms with E-state index in [1.807, 2.05) is 17.7 Å². The van der Waals surface area contributed by atoms with Crippen LogP contribution in [0.2, 0.25) is 0 Å². The van der Waals surface area contributed by atoms with Gasteiger partial charge in [0, 0.05) is 25.0 Å². The van der Waals surface area contributed by atoms with Gasteiger partial charge in [-0.1, -0.05) is 0 Å². The van der Waals surface area contributed by atoms with E-state index < -0.39 is 11.6 Å². The minimum absolute atomic E-state index is 0.0633. The molecule has 0 aliphatic rings. The Morgan fingerprint density at radius 1 is 1.40 bits per heavy atom. The van der Waals surface area contributed by atoms with Gasteiger partial charge in [0.1, 0.15) is 11.3 Å². The number of hydrogen-bond acceptors (Lipinski definition) is 2. The lowest BCUT2D eigenvalue weighted by molar-refractivity contribution is 0.469. The van der Waals surface area contributed by atoms with E-state index in [0.29, 0.717) is 16.8 Å². The Morgan fingerprint density at radius 2 is 2.20 bits per heavy atom. The van der Waals surface area contributed by atoms with Crippen LogP contribution in [0.4, 0.5) is 8.78 Å². The summed E-state index contributed by atoms with van der Waals surface area (Å²) in [6, 6.07) is 2.07. The van der Waals surface area contributed by atoms with Crippen molar-refractivity contribution in [3.63, 3.8) is 0 Å². The van der Waals surface area contributed by atoms with Crippen molar-refractivity contribution >= 4 is 23.3 Å². The number of fused-ring (bicyclic) bond motifs is 1. The zero-order valence-electron chi connectivity index (χ0n) is 10.7. The first-order valence-corrected chi connectivity index (χ1v) is 6.52. The minimum Gasteiger partial charge on any atom is -0.335 e. The van der Waals surface area contributed by atoms with E-state index >= 15 is 0 Å². The molecule has 0 amide bonds. The summed E-state index contributed by atoms with van der Waals surface area (Å²) in [5.41, 5.74) is 0.661. The smallest absolute Gasteiger partial charge is 0.178 e. The number of nitrogens with one attached hydrogen (secondary N) is 1. The van der Waals surface area contributed by atoms with Crippen molar-refractivity contribution in [1.29, 1.82) is 0 Å². The predicted octanol–water partition coefficient (Wildman–Crippen LogP) is 3.43. The van der Waals surface area contributed by atoms with Crippen LogP contribution in [0.5, 0.6) is 0 Å². The molecular formula is C13H12F2N4S.